The lowest BCUT2D eigenvalue weighted by Crippen LogP contribution is -2.33. The fraction of sp³-hybridized carbons (Fsp3) is 0.818. The van der Waals surface area contributed by atoms with Crippen LogP contribution in [0.4, 0.5) is 0 Å². The highest BCUT2D eigenvalue weighted by molar-refractivity contribution is 4.82. The Bertz CT molecular complexity index is 311. The lowest BCUT2D eigenvalue weighted by Gasteiger charge is -2.29. The van der Waals surface area contributed by atoms with Gasteiger partial charge in [-0.25, -0.2) is 0 Å². The molecule has 2 heterocycles. The Labute approximate surface area is 90.7 Å². The summed E-state index contributed by atoms with van der Waals surface area (Å²) >= 11 is 0. The van der Waals surface area contributed by atoms with Crippen molar-refractivity contribution in [1.29, 1.82) is 0 Å². The maximum Gasteiger partial charge on any atom is 0.230 e. The molecule has 1 aromatic rings. The fourth-order valence-electron chi connectivity index (χ4n) is 2.12. The summed E-state index contributed by atoms with van der Waals surface area (Å²) < 4.78 is 5.51. The van der Waals surface area contributed by atoms with E-state index in [4.69, 9.17) is 4.42 Å². The molecule has 0 bridgehead atoms. The van der Waals surface area contributed by atoms with E-state index in [1.54, 1.807) is 0 Å². The van der Waals surface area contributed by atoms with Gasteiger partial charge in [-0.1, -0.05) is 13.8 Å². The number of rotatable bonds is 3. The zero-order valence-corrected chi connectivity index (χ0v) is 9.57. The van der Waals surface area contributed by atoms with E-state index >= 15 is 0 Å². The Hall–Kier alpha value is -0.900. The lowest BCUT2D eigenvalue weighted by molar-refractivity contribution is 0.162. The Kier molecular flexibility index (Phi) is 3.36. The highest BCUT2D eigenvalue weighted by atomic mass is 16.4. The van der Waals surface area contributed by atoms with Gasteiger partial charge in [0.1, 0.15) is 0 Å². The predicted molar refractivity (Wildman–Crippen MR) is 57.4 cm³/mol. The summed E-state index contributed by atoms with van der Waals surface area (Å²) in [7, 11) is 0. The summed E-state index contributed by atoms with van der Waals surface area (Å²) in [6.07, 6.45) is 3.46. The molecule has 4 heteroatoms. The van der Waals surface area contributed by atoms with Crippen LogP contribution in [-0.4, -0.2) is 28.2 Å². The van der Waals surface area contributed by atoms with E-state index in [0.717, 1.165) is 43.8 Å². The number of hydrogen-bond donors (Lipinski definition) is 0. The second-order valence-electron chi connectivity index (χ2n) is 4.43. The van der Waals surface area contributed by atoms with Crippen LogP contribution in [0.15, 0.2) is 4.42 Å². The summed E-state index contributed by atoms with van der Waals surface area (Å²) in [4.78, 5) is 2.40. The summed E-state index contributed by atoms with van der Waals surface area (Å²) in [5, 5.41) is 8.02. The summed E-state index contributed by atoms with van der Waals surface area (Å²) in [6, 6.07) is 0. The zero-order chi connectivity index (χ0) is 10.7. The maximum absolute atomic E-state index is 5.51. The van der Waals surface area contributed by atoms with Crippen LogP contribution in [0.2, 0.25) is 0 Å². The van der Waals surface area contributed by atoms with Crippen molar-refractivity contribution < 1.29 is 4.42 Å². The standard InChI is InChI=1S/C11H19N3O/c1-3-10-12-13-11(15-10)8-14-6-4-5-9(2)7-14/h9H,3-8H2,1-2H3. The molecule has 15 heavy (non-hydrogen) atoms. The zero-order valence-electron chi connectivity index (χ0n) is 9.57. The monoisotopic (exact) mass is 209 g/mol. The van der Waals surface area contributed by atoms with Gasteiger partial charge < -0.3 is 4.42 Å². The van der Waals surface area contributed by atoms with Crippen LogP contribution in [0.25, 0.3) is 0 Å². The van der Waals surface area contributed by atoms with Gasteiger partial charge in [0.15, 0.2) is 0 Å². The average molecular weight is 209 g/mol. The first-order chi connectivity index (χ1) is 7.28. The van der Waals surface area contributed by atoms with E-state index in [0.29, 0.717) is 0 Å². The van der Waals surface area contributed by atoms with Crippen LogP contribution >= 0.6 is 0 Å². The summed E-state index contributed by atoms with van der Waals surface area (Å²) in [6.45, 7) is 7.47. The molecule has 1 atom stereocenters. The first-order valence-electron chi connectivity index (χ1n) is 5.81. The van der Waals surface area contributed by atoms with Crippen molar-refractivity contribution in [2.75, 3.05) is 13.1 Å². The van der Waals surface area contributed by atoms with Gasteiger partial charge in [-0.15, -0.1) is 10.2 Å². The van der Waals surface area contributed by atoms with Gasteiger partial charge in [0.05, 0.1) is 6.54 Å². The largest absolute Gasteiger partial charge is 0.424 e. The third-order valence-corrected chi connectivity index (χ3v) is 2.91. The van der Waals surface area contributed by atoms with Crippen molar-refractivity contribution >= 4 is 0 Å². The second kappa shape index (κ2) is 4.75. The van der Waals surface area contributed by atoms with Crippen LogP contribution in [0.5, 0.6) is 0 Å². The molecule has 4 nitrogen and oxygen atoms in total. The first kappa shape index (κ1) is 10.6. The Morgan fingerprint density at radius 2 is 2.20 bits per heavy atom. The highest BCUT2D eigenvalue weighted by Crippen LogP contribution is 2.17. The van der Waals surface area contributed by atoms with Gasteiger partial charge in [0.25, 0.3) is 0 Å². The van der Waals surface area contributed by atoms with Crippen molar-refractivity contribution in [3.63, 3.8) is 0 Å². The minimum absolute atomic E-state index is 0.745. The minimum atomic E-state index is 0.745. The van der Waals surface area contributed by atoms with Crippen molar-refractivity contribution in [3.8, 4) is 0 Å². The van der Waals surface area contributed by atoms with E-state index in [1.807, 2.05) is 6.92 Å². The molecule has 2 rings (SSSR count). The van der Waals surface area contributed by atoms with Gasteiger partial charge in [-0.05, 0) is 25.3 Å². The first-order valence-corrected chi connectivity index (χ1v) is 5.81. The highest BCUT2D eigenvalue weighted by Gasteiger charge is 2.18. The Morgan fingerprint density at radius 3 is 2.87 bits per heavy atom. The van der Waals surface area contributed by atoms with Gasteiger partial charge in [-0.3, -0.25) is 4.90 Å². The molecule has 0 radical (unpaired) electrons. The number of piperidine rings is 1. The lowest BCUT2D eigenvalue weighted by atomic mass is 10.0. The van der Waals surface area contributed by atoms with Gasteiger partial charge >= 0.3 is 0 Å². The van der Waals surface area contributed by atoms with E-state index in [9.17, 15) is 0 Å². The predicted octanol–water partition coefficient (Wildman–Crippen LogP) is 1.86. The Morgan fingerprint density at radius 1 is 1.40 bits per heavy atom. The molecule has 0 aliphatic carbocycles. The van der Waals surface area contributed by atoms with Crippen LogP contribution < -0.4 is 0 Å². The quantitative estimate of drug-likeness (QED) is 0.762. The van der Waals surface area contributed by atoms with Crippen molar-refractivity contribution in [3.05, 3.63) is 11.8 Å². The number of nitrogens with zero attached hydrogens (tertiary/aromatic N) is 3. The van der Waals surface area contributed by atoms with Crippen LogP contribution in [0, 0.1) is 5.92 Å². The van der Waals surface area contributed by atoms with E-state index in [1.165, 1.54) is 12.8 Å². The average Bonchev–Trinajstić information content (AvgIpc) is 2.65. The third-order valence-electron chi connectivity index (χ3n) is 2.91. The van der Waals surface area contributed by atoms with Crippen molar-refractivity contribution in [2.45, 2.75) is 39.7 Å². The number of aromatic nitrogens is 2. The van der Waals surface area contributed by atoms with Crippen LogP contribution in [0.3, 0.4) is 0 Å². The molecule has 0 N–H and O–H groups in total. The maximum atomic E-state index is 5.51. The molecule has 0 saturated carbocycles. The molecular formula is C11H19N3O. The molecule has 1 fully saturated rings. The normalized spacial score (nSPS) is 23.2. The summed E-state index contributed by atoms with van der Waals surface area (Å²) in [5.41, 5.74) is 0. The Balaban J connectivity index is 1.90. The molecule has 1 aromatic heterocycles. The van der Waals surface area contributed by atoms with Gasteiger partial charge in [0.2, 0.25) is 11.8 Å². The van der Waals surface area contributed by atoms with E-state index in [-0.39, 0.29) is 0 Å². The van der Waals surface area contributed by atoms with Gasteiger partial charge in [-0.2, -0.15) is 0 Å². The summed E-state index contributed by atoms with van der Waals surface area (Å²) in [5.74, 6) is 2.31. The van der Waals surface area contributed by atoms with E-state index < -0.39 is 0 Å². The molecule has 1 aliphatic rings. The number of aryl methyl sites for hydroxylation is 1. The van der Waals surface area contributed by atoms with E-state index in [2.05, 4.69) is 22.0 Å². The molecule has 0 amide bonds. The molecule has 0 aromatic carbocycles. The molecule has 84 valence electrons. The van der Waals surface area contributed by atoms with Crippen LogP contribution in [-0.2, 0) is 13.0 Å². The number of hydrogen-bond acceptors (Lipinski definition) is 4. The molecule has 1 aliphatic heterocycles. The topological polar surface area (TPSA) is 42.2 Å². The fourth-order valence-corrected chi connectivity index (χ4v) is 2.12. The second-order valence-corrected chi connectivity index (χ2v) is 4.43. The van der Waals surface area contributed by atoms with Crippen molar-refractivity contribution in [1.82, 2.24) is 15.1 Å². The molecular weight excluding hydrogens is 190 g/mol. The van der Waals surface area contributed by atoms with Crippen molar-refractivity contribution in [2.24, 2.45) is 5.92 Å². The molecule has 0 spiro atoms. The smallest absolute Gasteiger partial charge is 0.230 e. The SMILES string of the molecule is CCc1nnc(CN2CCCC(C)C2)o1. The van der Waals surface area contributed by atoms with Crippen LogP contribution in [0.1, 0.15) is 38.5 Å². The third kappa shape index (κ3) is 2.78. The van der Waals surface area contributed by atoms with Gasteiger partial charge in [0, 0.05) is 13.0 Å². The molecule has 1 saturated heterocycles. The molecule has 1 unspecified atom stereocenters. The minimum Gasteiger partial charge on any atom is -0.424 e. The number of likely N-dealkylation sites (tertiary alicyclic amines) is 1.